The number of carboxylic acids is 1. The Labute approximate surface area is 106 Å². The molecule has 0 unspecified atom stereocenters. The Kier molecular flexibility index (Phi) is 5.55. The molecule has 0 aliphatic carbocycles. The Morgan fingerprint density at radius 1 is 1.11 bits per heavy atom. The number of carbonyl (C=O) groups is 3. The molecule has 0 saturated carbocycles. The SMILES string of the molecule is CCC(C)(C)NC(=O)NC(=O)C(C)=C(C)C(=O)O. The van der Waals surface area contributed by atoms with E-state index in [4.69, 9.17) is 5.11 Å². The van der Waals surface area contributed by atoms with Gasteiger partial charge >= 0.3 is 12.0 Å². The van der Waals surface area contributed by atoms with Gasteiger partial charge in [0, 0.05) is 16.7 Å². The smallest absolute Gasteiger partial charge is 0.331 e. The van der Waals surface area contributed by atoms with Crippen molar-refractivity contribution >= 4 is 17.9 Å². The van der Waals surface area contributed by atoms with E-state index in [1.54, 1.807) is 0 Å². The highest BCUT2D eigenvalue weighted by molar-refractivity contribution is 6.07. The number of hydrogen-bond donors (Lipinski definition) is 3. The molecule has 0 aromatic heterocycles. The van der Waals surface area contributed by atoms with Crippen LogP contribution in [0.4, 0.5) is 4.79 Å². The Bertz CT molecular complexity index is 397. The lowest BCUT2D eigenvalue weighted by Gasteiger charge is -2.24. The van der Waals surface area contributed by atoms with Crippen LogP contribution in [0.15, 0.2) is 11.1 Å². The molecule has 18 heavy (non-hydrogen) atoms. The molecule has 0 aromatic carbocycles. The van der Waals surface area contributed by atoms with E-state index < -0.39 is 23.4 Å². The van der Waals surface area contributed by atoms with Crippen molar-refractivity contribution in [1.29, 1.82) is 0 Å². The molecule has 0 aliphatic heterocycles. The number of nitrogens with one attached hydrogen (secondary N) is 2. The molecular formula is C12H20N2O4. The van der Waals surface area contributed by atoms with Crippen LogP contribution >= 0.6 is 0 Å². The summed E-state index contributed by atoms with van der Waals surface area (Å²) in [5.41, 5.74) is -0.508. The Balaban J connectivity index is 4.65. The second-order valence-corrected chi connectivity index (χ2v) is 4.70. The van der Waals surface area contributed by atoms with Crippen LogP contribution in [-0.2, 0) is 9.59 Å². The maximum absolute atomic E-state index is 11.6. The highest BCUT2D eigenvalue weighted by Crippen LogP contribution is 2.07. The molecule has 6 nitrogen and oxygen atoms in total. The van der Waals surface area contributed by atoms with E-state index in [1.165, 1.54) is 13.8 Å². The predicted molar refractivity (Wildman–Crippen MR) is 67.1 cm³/mol. The van der Waals surface area contributed by atoms with Gasteiger partial charge in [0.25, 0.3) is 5.91 Å². The fourth-order valence-corrected chi connectivity index (χ4v) is 0.955. The van der Waals surface area contributed by atoms with Gasteiger partial charge in [0.15, 0.2) is 0 Å². The summed E-state index contributed by atoms with van der Waals surface area (Å²) in [6, 6.07) is -0.635. The molecule has 0 aliphatic rings. The predicted octanol–water partition coefficient (Wildman–Crippen LogP) is 1.42. The van der Waals surface area contributed by atoms with Crippen molar-refractivity contribution in [2.45, 2.75) is 46.6 Å². The van der Waals surface area contributed by atoms with Crippen LogP contribution in [0.25, 0.3) is 0 Å². The third-order valence-electron chi connectivity index (χ3n) is 2.79. The lowest BCUT2D eigenvalue weighted by molar-refractivity contribution is -0.133. The number of hydrogen-bond acceptors (Lipinski definition) is 3. The van der Waals surface area contributed by atoms with Gasteiger partial charge in [-0.1, -0.05) is 6.92 Å². The van der Waals surface area contributed by atoms with E-state index in [-0.39, 0.29) is 11.1 Å². The van der Waals surface area contributed by atoms with E-state index in [2.05, 4.69) is 10.6 Å². The molecular weight excluding hydrogens is 236 g/mol. The number of rotatable bonds is 4. The molecule has 0 atom stereocenters. The summed E-state index contributed by atoms with van der Waals surface area (Å²) in [6.45, 7) is 8.22. The first-order valence-corrected chi connectivity index (χ1v) is 5.65. The molecule has 3 amide bonds. The van der Waals surface area contributed by atoms with Gasteiger partial charge in [0.2, 0.25) is 0 Å². The second-order valence-electron chi connectivity index (χ2n) is 4.70. The number of urea groups is 1. The Morgan fingerprint density at radius 3 is 2.00 bits per heavy atom. The highest BCUT2D eigenvalue weighted by atomic mass is 16.4. The normalized spacial score (nSPS) is 12.5. The number of aliphatic carboxylic acids is 1. The molecule has 0 radical (unpaired) electrons. The minimum absolute atomic E-state index is 0.00644. The van der Waals surface area contributed by atoms with Gasteiger partial charge < -0.3 is 10.4 Å². The summed E-state index contributed by atoms with van der Waals surface area (Å²) in [6.07, 6.45) is 0.706. The molecule has 0 fully saturated rings. The van der Waals surface area contributed by atoms with Crippen LogP contribution < -0.4 is 10.6 Å². The van der Waals surface area contributed by atoms with Crippen LogP contribution in [-0.4, -0.2) is 28.6 Å². The molecule has 102 valence electrons. The second kappa shape index (κ2) is 6.18. The average Bonchev–Trinajstić information content (AvgIpc) is 2.25. The fourth-order valence-electron chi connectivity index (χ4n) is 0.955. The van der Waals surface area contributed by atoms with E-state index in [9.17, 15) is 14.4 Å². The number of carbonyl (C=O) groups excluding carboxylic acids is 2. The molecule has 6 heteroatoms. The summed E-state index contributed by atoms with van der Waals surface area (Å²) in [4.78, 5) is 33.8. The van der Waals surface area contributed by atoms with Gasteiger partial charge in [-0.2, -0.15) is 0 Å². The maximum Gasteiger partial charge on any atom is 0.331 e. The highest BCUT2D eigenvalue weighted by Gasteiger charge is 2.20. The van der Waals surface area contributed by atoms with E-state index in [0.29, 0.717) is 6.42 Å². The van der Waals surface area contributed by atoms with Gasteiger partial charge in [0.1, 0.15) is 0 Å². The van der Waals surface area contributed by atoms with Crippen LogP contribution in [0.3, 0.4) is 0 Å². The summed E-state index contributed by atoms with van der Waals surface area (Å²) >= 11 is 0. The van der Waals surface area contributed by atoms with E-state index in [0.717, 1.165) is 0 Å². The first kappa shape index (κ1) is 16.1. The number of carboxylic acid groups (broad SMARTS) is 1. The first-order valence-electron chi connectivity index (χ1n) is 5.65. The molecule has 0 spiro atoms. The van der Waals surface area contributed by atoms with Gasteiger partial charge in [0.05, 0.1) is 0 Å². The average molecular weight is 256 g/mol. The Morgan fingerprint density at radius 2 is 1.61 bits per heavy atom. The fraction of sp³-hybridized carbons (Fsp3) is 0.583. The molecule has 0 rings (SSSR count). The van der Waals surface area contributed by atoms with Crippen molar-refractivity contribution in [1.82, 2.24) is 10.6 Å². The van der Waals surface area contributed by atoms with Crippen LogP contribution in [0.1, 0.15) is 41.0 Å². The zero-order valence-corrected chi connectivity index (χ0v) is 11.4. The molecule has 0 heterocycles. The molecule has 0 aromatic rings. The van der Waals surface area contributed by atoms with Gasteiger partial charge in [-0.15, -0.1) is 0 Å². The third kappa shape index (κ3) is 4.99. The summed E-state index contributed by atoms with van der Waals surface area (Å²) in [7, 11) is 0. The minimum Gasteiger partial charge on any atom is -0.478 e. The maximum atomic E-state index is 11.6. The molecule has 0 saturated heterocycles. The van der Waals surface area contributed by atoms with Crippen molar-refractivity contribution in [3.05, 3.63) is 11.1 Å². The van der Waals surface area contributed by atoms with E-state index >= 15 is 0 Å². The quantitative estimate of drug-likeness (QED) is 0.663. The number of amides is 3. The van der Waals surface area contributed by atoms with Crippen LogP contribution in [0, 0.1) is 0 Å². The molecule has 3 N–H and O–H groups in total. The van der Waals surface area contributed by atoms with Crippen molar-refractivity contribution in [3.8, 4) is 0 Å². The van der Waals surface area contributed by atoms with E-state index in [1.807, 2.05) is 20.8 Å². The summed E-state index contributed by atoms with van der Waals surface area (Å²) in [5.74, 6) is -1.89. The zero-order valence-electron chi connectivity index (χ0n) is 11.4. The number of imide groups is 1. The van der Waals surface area contributed by atoms with Gasteiger partial charge in [-0.3, -0.25) is 10.1 Å². The standard InChI is InChI=1S/C12H20N2O4/c1-6-12(4,5)14-11(18)13-9(15)7(2)8(3)10(16)17/h6H2,1-5H3,(H,16,17)(H2,13,14,15,18). The monoisotopic (exact) mass is 256 g/mol. The third-order valence-corrected chi connectivity index (χ3v) is 2.79. The van der Waals surface area contributed by atoms with Crippen molar-refractivity contribution in [2.75, 3.05) is 0 Å². The van der Waals surface area contributed by atoms with Crippen molar-refractivity contribution in [3.63, 3.8) is 0 Å². The molecule has 0 bridgehead atoms. The lowest BCUT2D eigenvalue weighted by atomic mass is 10.0. The van der Waals surface area contributed by atoms with Crippen LogP contribution in [0.2, 0.25) is 0 Å². The van der Waals surface area contributed by atoms with Crippen LogP contribution in [0.5, 0.6) is 0 Å². The van der Waals surface area contributed by atoms with Gasteiger partial charge in [-0.05, 0) is 34.1 Å². The summed E-state index contributed by atoms with van der Waals surface area (Å²) < 4.78 is 0. The zero-order chi connectivity index (χ0) is 14.5. The lowest BCUT2D eigenvalue weighted by Crippen LogP contribution is -2.49. The Hall–Kier alpha value is -1.85. The minimum atomic E-state index is -1.18. The summed E-state index contributed by atoms with van der Waals surface area (Å²) in [5, 5.41) is 13.4. The van der Waals surface area contributed by atoms with Crippen molar-refractivity contribution < 1.29 is 19.5 Å². The largest absolute Gasteiger partial charge is 0.478 e. The van der Waals surface area contributed by atoms with Gasteiger partial charge in [-0.25, -0.2) is 9.59 Å². The first-order chi connectivity index (χ1) is 8.10. The topological polar surface area (TPSA) is 95.5 Å². The van der Waals surface area contributed by atoms with Crippen molar-refractivity contribution in [2.24, 2.45) is 0 Å².